The van der Waals surface area contributed by atoms with E-state index in [1.54, 1.807) is 31.3 Å². The molecule has 2 aromatic heterocycles. The zero-order valence-electron chi connectivity index (χ0n) is 18.6. The predicted molar refractivity (Wildman–Crippen MR) is 123 cm³/mol. The monoisotopic (exact) mass is 463 g/mol. The van der Waals surface area contributed by atoms with Crippen LogP contribution in [0.4, 0.5) is 0 Å². The molecule has 0 bridgehead atoms. The fraction of sp³-hybridized carbons (Fsp3) is 0.240. The number of hydrogen-bond acceptors (Lipinski definition) is 7. The number of ether oxygens (including phenoxy) is 1. The Balaban J connectivity index is 1.47. The molecule has 0 aliphatic heterocycles. The Labute approximate surface area is 194 Å². The molecule has 176 valence electrons. The van der Waals surface area contributed by atoms with E-state index in [0.717, 1.165) is 16.5 Å². The van der Waals surface area contributed by atoms with Crippen LogP contribution in [0.1, 0.15) is 23.6 Å². The lowest BCUT2D eigenvalue weighted by Crippen LogP contribution is -2.50. The molecule has 1 amide bonds. The minimum atomic E-state index is -1.45. The van der Waals surface area contributed by atoms with Gasteiger partial charge >= 0.3 is 5.63 Å². The lowest BCUT2D eigenvalue weighted by molar-refractivity contribution is -0.308. The van der Waals surface area contributed by atoms with E-state index < -0.39 is 30.2 Å². The smallest absolute Gasteiger partial charge is 0.336 e. The molecule has 2 heterocycles. The number of aliphatic carboxylic acids is 1. The highest BCUT2D eigenvalue weighted by molar-refractivity contribution is 5.88. The van der Waals surface area contributed by atoms with Crippen molar-refractivity contribution >= 4 is 33.7 Å². The summed E-state index contributed by atoms with van der Waals surface area (Å²) in [6, 6.07) is 8.29. The van der Waals surface area contributed by atoms with Crippen molar-refractivity contribution in [1.29, 1.82) is 0 Å². The summed E-state index contributed by atoms with van der Waals surface area (Å²) < 4.78 is 10.9. The summed E-state index contributed by atoms with van der Waals surface area (Å²) in [4.78, 5) is 39.0. The number of carboxylic acid groups (broad SMARTS) is 1. The lowest BCUT2D eigenvalue weighted by atomic mass is 10.0. The molecule has 9 heteroatoms. The van der Waals surface area contributed by atoms with Crippen molar-refractivity contribution in [3.63, 3.8) is 0 Å². The van der Waals surface area contributed by atoms with Crippen LogP contribution < -0.4 is 20.8 Å². The number of aromatic amines is 1. The van der Waals surface area contributed by atoms with Gasteiger partial charge in [-0.15, -0.1) is 0 Å². The molecule has 3 N–H and O–H groups in total. The van der Waals surface area contributed by atoms with Gasteiger partial charge in [-0.25, -0.2) is 4.79 Å². The number of hydrogen-bond donors (Lipinski definition) is 3. The first kappa shape index (κ1) is 22.9. The Kier molecular flexibility index (Phi) is 6.27. The number of phenolic OH excluding ortho intramolecular Hbond substituents is 1. The standard InChI is InChI=1S/C25H24N2O7/c1-3-14-9-23(30)34-24-13(2)21(7-5-17(14)24)33-12-22(29)27-20(25(31)32)8-15-11-26-19-6-4-16(28)10-18(15)19/h4-7,9-11,20,26,28H,3,8,12H2,1-2H3,(H,27,29)(H,31,32)/p-1/t20-/m1/s1. The fourth-order valence-corrected chi connectivity index (χ4v) is 3.98. The van der Waals surface area contributed by atoms with Gasteiger partial charge in [0.25, 0.3) is 5.91 Å². The number of carboxylic acids is 1. The molecule has 0 aliphatic rings. The van der Waals surface area contributed by atoms with Gasteiger partial charge < -0.3 is 34.5 Å². The fourth-order valence-electron chi connectivity index (χ4n) is 3.98. The lowest BCUT2D eigenvalue weighted by Gasteiger charge is -2.20. The number of phenols is 1. The molecule has 0 saturated carbocycles. The number of rotatable bonds is 8. The van der Waals surface area contributed by atoms with Crippen molar-refractivity contribution in [3.05, 3.63) is 69.7 Å². The number of amides is 1. The van der Waals surface area contributed by atoms with Crippen molar-refractivity contribution in [2.24, 2.45) is 0 Å². The third-order valence-corrected chi connectivity index (χ3v) is 5.73. The second-order valence-electron chi connectivity index (χ2n) is 7.99. The maximum Gasteiger partial charge on any atom is 0.336 e. The third-order valence-electron chi connectivity index (χ3n) is 5.73. The molecule has 1 atom stereocenters. The van der Waals surface area contributed by atoms with E-state index in [1.807, 2.05) is 6.92 Å². The zero-order chi connectivity index (χ0) is 24.4. The average Bonchev–Trinajstić information content (AvgIpc) is 3.19. The van der Waals surface area contributed by atoms with Gasteiger partial charge in [0, 0.05) is 40.5 Å². The number of aromatic nitrogens is 1. The Morgan fingerprint density at radius 3 is 2.71 bits per heavy atom. The van der Waals surface area contributed by atoms with Crippen LogP contribution in [0.3, 0.4) is 0 Å². The third kappa shape index (κ3) is 4.59. The number of carbonyl (C=O) groups excluding carboxylic acids is 2. The van der Waals surface area contributed by atoms with Gasteiger partial charge in [-0.3, -0.25) is 4.79 Å². The summed E-state index contributed by atoms with van der Waals surface area (Å²) in [5.41, 5.74) is 2.66. The molecule has 0 unspecified atom stereocenters. The largest absolute Gasteiger partial charge is 0.548 e. The van der Waals surface area contributed by atoms with Crippen LogP contribution in [0.15, 0.2) is 51.8 Å². The highest BCUT2D eigenvalue weighted by Crippen LogP contribution is 2.28. The van der Waals surface area contributed by atoms with Gasteiger partial charge in [-0.05, 0) is 54.8 Å². The topological polar surface area (TPSA) is 145 Å². The molecule has 9 nitrogen and oxygen atoms in total. The summed E-state index contributed by atoms with van der Waals surface area (Å²) >= 11 is 0. The number of benzene rings is 2. The molecule has 0 fully saturated rings. The van der Waals surface area contributed by atoms with Gasteiger partial charge in [0.2, 0.25) is 0 Å². The summed E-state index contributed by atoms with van der Waals surface area (Å²) in [7, 11) is 0. The van der Waals surface area contributed by atoms with E-state index in [-0.39, 0.29) is 12.2 Å². The first-order valence-electron chi connectivity index (χ1n) is 10.7. The molecule has 0 radical (unpaired) electrons. The normalized spacial score (nSPS) is 12.1. The number of nitrogens with one attached hydrogen (secondary N) is 2. The second-order valence-corrected chi connectivity index (χ2v) is 7.99. The number of fused-ring (bicyclic) bond motifs is 2. The molecule has 0 spiro atoms. The number of H-pyrrole nitrogens is 1. The van der Waals surface area contributed by atoms with Crippen molar-refractivity contribution in [2.45, 2.75) is 32.7 Å². The molecular formula is C25H23N2O7-. The minimum absolute atomic E-state index is 0.0442. The summed E-state index contributed by atoms with van der Waals surface area (Å²) in [6.45, 7) is 3.21. The highest BCUT2D eigenvalue weighted by atomic mass is 16.5. The van der Waals surface area contributed by atoms with Crippen LogP contribution in [-0.2, 0) is 22.4 Å². The zero-order valence-corrected chi connectivity index (χ0v) is 18.6. The first-order chi connectivity index (χ1) is 16.3. The Morgan fingerprint density at radius 2 is 1.97 bits per heavy atom. The molecule has 4 rings (SSSR count). The number of carbonyl (C=O) groups is 2. The predicted octanol–water partition coefficient (Wildman–Crippen LogP) is 1.71. The molecule has 34 heavy (non-hydrogen) atoms. The number of aryl methyl sites for hydroxylation is 2. The van der Waals surface area contributed by atoms with E-state index in [1.165, 1.54) is 18.2 Å². The Hall–Kier alpha value is -4.27. The molecule has 0 aliphatic carbocycles. The van der Waals surface area contributed by atoms with E-state index in [4.69, 9.17) is 9.15 Å². The van der Waals surface area contributed by atoms with Crippen LogP contribution in [0.2, 0.25) is 0 Å². The summed E-state index contributed by atoms with van der Waals surface area (Å²) in [5, 5.41) is 25.2. The Morgan fingerprint density at radius 1 is 1.18 bits per heavy atom. The minimum Gasteiger partial charge on any atom is -0.548 e. The quantitative estimate of drug-likeness (QED) is 0.337. The van der Waals surface area contributed by atoms with Gasteiger partial charge in [0.05, 0.1) is 12.0 Å². The first-order valence-corrected chi connectivity index (χ1v) is 10.7. The van der Waals surface area contributed by atoms with E-state index >= 15 is 0 Å². The van der Waals surface area contributed by atoms with Crippen molar-refractivity contribution in [3.8, 4) is 11.5 Å². The van der Waals surface area contributed by atoms with E-state index in [9.17, 15) is 24.6 Å². The van der Waals surface area contributed by atoms with Gasteiger partial charge in [-0.1, -0.05) is 6.92 Å². The summed E-state index contributed by atoms with van der Waals surface area (Å²) in [5.74, 6) is -1.71. The van der Waals surface area contributed by atoms with Crippen LogP contribution in [-0.4, -0.2) is 34.6 Å². The molecule has 0 saturated heterocycles. The van der Waals surface area contributed by atoms with Gasteiger partial charge in [-0.2, -0.15) is 0 Å². The van der Waals surface area contributed by atoms with Crippen LogP contribution >= 0.6 is 0 Å². The van der Waals surface area contributed by atoms with E-state index in [2.05, 4.69) is 10.3 Å². The van der Waals surface area contributed by atoms with Crippen molar-refractivity contribution in [2.75, 3.05) is 6.61 Å². The SMILES string of the molecule is CCc1cc(=O)oc2c(C)c(OCC(=O)N[C@H](Cc3c[nH]c4ccc(O)cc34)C(=O)[O-])ccc12. The Bertz CT molecular complexity index is 1450. The molecule has 2 aromatic carbocycles. The van der Waals surface area contributed by atoms with Crippen molar-refractivity contribution < 1.29 is 29.0 Å². The maximum absolute atomic E-state index is 12.5. The van der Waals surface area contributed by atoms with Crippen LogP contribution in [0, 0.1) is 6.92 Å². The van der Waals surface area contributed by atoms with Crippen LogP contribution in [0.25, 0.3) is 21.9 Å². The molecule has 4 aromatic rings. The van der Waals surface area contributed by atoms with Gasteiger partial charge in [0.1, 0.15) is 17.1 Å². The molecular weight excluding hydrogens is 440 g/mol. The highest BCUT2D eigenvalue weighted by Gasteiger charge is 2.18. The average molecular weight is 463 g/mol. The van der Waals surface area contributed by atoms with Gasteiger partial charge in [0.15, 0.2) is 6.61 Å². The maximum atomic E-state index is 12.5. The van der Waals surface area contributed by atoms with Crippen LogP contribution in [0.5, 0.6) is 11.5 Å². The summed E-state index contributed by atoms with van der Waals surface area (Å²) in [6.07, 6.45) is 2.24. The van der Waals surface area contributed by atoms with E-state index in [0.29, 0.717) is 34.3 Å². The number of aromatic hydroxyl groups is 1. The van der Waals surface area contributed by atoms with Crippen molar-refractivity contribution in [1.82, 2.24) is 10.3 Å². The second kappa shape index (κ2) is 9.30.